The molecule has 1 aromatic heterocycles. The molecule has 22 heavy (non-hydrogen) atoms. The molecule has 2 saturated heterocycles. The maximum atomic E-state index is 12.4. The second-order valence-electron chi connectivity index (χ2n) is 7.00. The van der Waals surface area contributed by atoms with Crippen molar-refractivity contribution in [1.29, 1.82) is 0 Å². The molecule has 0 unspecified atom stereocenters. The Morgan fingerprint density at radius 1 is 1.41 bits per heavy atom. The Bertz CT molecular complexity index is 541. The topological polar surface area (TPSA) is 41.4 Å². The van der Waals surface area contributed by atoms with Gasteiger partial charge in [-0.1, -0.05) is 0 Å². The zero-order valence-corrected chi connectivity index (χ0v) is 14.1. The average molecular weight is 304 g/mol. The first kappa shape index (κ1) is 15.5. The number of rotatable bonds is 3. The van der Waals surface area contributed by atoms with E-state index in [1.54, 1.807) is 0 Å². The van der Waals surface area contributed by atoms with Crippen LogP contribution in [-0.2, 0) is 18.4 Å². The highest BCUT2D eigenvalue weighted by Crippen LogP contribution is 2.39. The van der Waals surface area contributed by atoms with Crippen LogP contribution in [0, 0.1) is 0 Å². The van der Waals surface area contributed by atoms with Crippen LogP contribution in [0.15, 0.2) is 12.4 Å². The standard InChI is InChI=1S/C17H28N4O/c1-4-21-16(22)8-7-15-17(21,2)9-5-6-10-20(15)13-14-11-18-19(3)12-14/h11-12,15H,4-10,13H2,1-3H3/t15-,17-/m0/s1. The number of nitrogens with zero attached hydrogens (tertiary/aromatic N) is 4. The van der Waals surface area contributed by atoms with Gasteiger partial charge < -0.3 is 4.90 Å². The lowest BCUT2D eigenvalue weighted by Crippen LogP contribution is -2.64. The number of piperidine rings is 1. The number of hydrogen-bond acceptors (Lipinski definition) is 3. The van der Waals surface area contributed by atoms with Crippen molar-refractivity contribution < 1.29 is 4.79 Å². The molecule has 2 atom stereocenters. The highest BCUT2D eigenvalue weighted by molar-refractivity contribution is 5.78. The highest BCUT2D eigenvalue weighted by atomic mass is 16.2. The first-order valence-corrected chi connectivity index (χ1v) is 8.56. The fourth-order valence-corrected chi connectivity index (χ4v) is 4.52. The number of likely N-dealkylation sites (tertiary alicyclic amines) is 2. The zero-order valence-electron chi connectivity index (χ0n) is 14.1. The minimum absolute atomic E-state index is 0.0111. The minimum Gasteiger partial charge on any atom is -0.336 e. The Labute approximate surface area is 133 Å². The van der Waals surface area contributed by atoms with Crippen molar-refractivity contribution in [2.45, 2.75) is 64.1 Å². The van der Waals surface area contributed by atoms with Gasteiger partial charge >= 0.3 is 0 Å². The van der Waals surface area contributed by atoms with Crippen LogP contribution < -0.4 is 0 Å². The lowest BCUT2D eigenvalue weighted by molar-refractivity contribution is -0.146. The molecule has 3 rings (SSSR count). The summed E-state index contributed by atoms with van der Waals surface area (Å²) in [7, 11) is 1.97. The summed E-state index contributed by atoms with van der Waals surface area (Å²) in [6, 6.07) is 0.466. The monoisotopic (exact) mass is 304 g/mol. The second kappa shape index (κ2) is 6.03. The van der Waals surface area contributed by atoms with Gasteiger partial charge in [0.1, 0.15) is 0 Å². The Hall–Kier alpha value is -1.36. The largest absolute Gasteiger partial charge is 0.336 e. The van der Waals surface area contributed by atoms with Crippen LogP contribution >= 0.6 is 0 Å². The molecule has 1 amide bonds. The summed E-state index contributed by atoms with van der Waals surface area (Å²) in [5, 5.41) is 4.30. The summed E-state index contributed by atoms with van der Waals surface area (Å²) in [5.74, 6) is 0.337. The van der Waals surface area contributed by atoms with Gasteiger partial charge in [0.2, 0.25) is 5.91 Å². The maximum Gasteiger partial charge on any atom is 0.223 e. The Morgan fingerprint density at radius 3 is 2.91 bits per heavy atom. The predicted molar refractivity (Wildman–Crippen MR) is 86.3 cm³/mol. The summed E-state index contributed by atoms with van der Waals surface area (Å²) in [4.78, 5) is 17.1. The molecule has 122 valence electrons. The van der Waals surface area contributed by atoms with Crippen LogP contribution in [-0.4, -0.2) is 50.2 Å². The van der Waals surface area contributed by atoms with E-state index in [1.807, 2.05) is 17.9 Å². The Balaban J connectivity index is 1.86. The van der Waals surface area contributed by atoms with E-state index >= 15 is 0 Å². The number of aryl methyl sites for hydroxylation is 1. The van der Waals surface area contributed by atoms with Crippen LogP contribution in [0.3, 0.4) is 0 Å². The molecule has 0 bridgehead atoms. The van der Waals surface area contributed by atoms with Gasteiger partial charge in [-0.15, -0.1) is 0 Å². The van der Waals surface area contributed by atoms with E-state index in [4.69, 9.17) is 0 Å². The first-order valence-electron chi connectivity index (χ1n) is 8.56. The van der Waals surface area contributed by atoms with Crippen LogP contribution in [0.5, 0.6) is 0 Å². The third kappa shape index (κ3) is 2.67. The fourth-order valence-electron chi connectivity index (χ4n) is 4.52. The van der Waals surface area contributed by atoms with Gasteiger partial charge in [0, 0.05) is 44.4 Å². The van der Waals surface area contributed by atoms with E-state index in [2.05, 4.69) is 34.9 Å². The number of likely N-dealkylation sites (N-methyl/N-ethyl adjacent to an activating group) is 1. The molecular weight excluding hydrogens is 276 g/mol. The van der Waals surface area contributed by atoms with Gasteiger partial charge in [0.15, 0.2) is 0 Å². The van der Waals surface area contributed by atoms with Gasteiger partial charge in [-0.05, 0) is 46.1 Å². The smallest absolute Gasteiger partial charge is 0.223 e. The van der Waals surface area contributed by atoms with Crippen molar-refractivity contribution >= 4 is 5.91 Å². The molecule has 3 heterocycles. The quantitative estimate of drug-likeness (QED) is 0.859. The third-order valence-corrected chi connectivity index (χ3v) is 5.55. The van der Waals surface area contributed by atoms with Gasteiger partial charge in [-0.25, -0.2) is 0 Å². The number of carbonyl (C=O) groups is 1. The number of carbonyl (C=O) groups excluding carboxylic acids is 1. The summed E-state index contributed by atoms with van der Waals surface area (Å²) >= 11 is 0. The molecule has 5 heteroatoms. The molecule has 2 aliphatic heterocycles. The molecule has 0 N–H and O–H groups in total. The van der Waals surface area contributed by atoms with Crippen molar-refractivity contribution in [3.8, 4) is 0 Å². The van der Waals surface area contributed by atoms with E-state index < -0.39 is 0 Å². The second-order valence-corrected chi connectivity index (χ2v) is 7.00. The number of aromatic nitrogens is 2. The van der Waals surface area contributed by atoms with Gasteiger partial charge in [0.05, 0.1) is 11.7 Å². The maximum absolute atomic E-state index is 12.4. The Morgan fingerprint density at radius 2 is 2.23 bits per heavy atom. The number of hydrogen-bond donors (Lipinski definition) is 0. The molecular formula is C17H28N4O. The van der Waals surface area contributed by atoms with Crippen LogP contribution in [0.25, 0.3) is 0 Å². The van der Waals surface area contributed by atoms with E-state index in [0.29, 0.717) is 18.4 Å². The van der Waals surface area contributed by atoms with Gasteiger partial charge in [0.25, 0.3) is 0 Å². The van der Waals surface area contributed by atoms with E-state index in [0.717, 1.165) is 32.5 Å². The van der Waals surface area contributed by atoms with E-state index in [-0.39, 0.29) is 5.54 Å². The lowest BCUT2D eigenvalue weighted by atomic mass is 9.79. The predicted octanol–water partition coefficient (Wildman–Crippen LogP) is 2.18. The van der Waals surface area contributed by atoms with Crippen molar-refractivity contribution in [2.75, 3.05) is 13.1 Å². The third-order valence-electron chi connectivity index (χ3n) is 5.55. The molecule has 5 nitrogen and oxygen atoms in total. The van der Waals surface area contributed by atoms with Crippen molar-refractivity contribution in [1.82, 2.24) is 19.6 Å². The normalized spacial score (nSPS) is 30.2. The molecule has 2 aliphatic rings. The molecule has 0 spiro atoms. The van der Waals surface area contributed by atoms with E-state index in [1.165, 1.54) is 18.4 Å². The van der Waals surface area contributed by atoms with Crippen molar-refractivity contribution in [2.24, 2.45) is 7.05 Å². The van der Waals surface area contributed by atoms with Crippen molar-refractivity contribution in [3.63, 3.8) is 0 Å². The van der Waals surface area contributed by atoms with Crippen LogP contribution in [0.1, 0.15) is 51.5 Å². The summed E-state index contributed by atoms with van der Waals surface area (Å²) < 4.78 is 1.87. The summed E-state index contributed by atoms with van der Waals surface area (Å²) in [5.41, 5.74) is 1.26. The fraction of sp³-hybridized carbons (Fsp3) is 0.765. The van der Waals surface area contributed by atoms with Crippen molar-refractivity contribution in [3.05, 3.63) is 18.0 Å². The van der Waals surface area contributed by atoms with Gasteiger partial charge in [-0.2, -0.15) is 5.10 Å². The van der Waals surface area contributed by atoms with Gasteiger partial charge in [-0.3, -0.25) is 14.4 Å². The summed E-state index contributed by atoms with van der Waals surface area (Å²) in [6.45, 7) is 7.31. The zero-order chi connectivity index (χ0) is 15.7. The SMILES string of the molecule is CCN1C(=O)CC[C@@H]2N(Cc3cnn(C)c3)CCCC[C@@]21C. The molecule has 1 aromatic rings. The Kier molecular flexibility index (Phi) is 4.26. The van der Waals surface area contributed by atoms with Crippen LogP contribution in [0.4, 0.5) is 0 Å². The van der Waals surface area contributed by atoms with Crippen LogP contribution in [0.2, 0.25) is 0 Å². The molecule has 2 fully saturated rings. The molecule has 0 aromatic carbocycles. The molecule has 0 aliphatic carbocycles. The lowest BCUT2D eigenvalue weighted by Gasteiger charge is -2.52. The highest BCUT2D eigenvalue weighted by Gasteiger charge is 2.47. The number of fused-ring (bicyclic) bond motifs is 1. The molecule has 0 saturated carbocycles. The number of amides is 1. The first-order chi connectivity index (χ1) is 10.5. The molecule has 0 radical (unpaired) electrons. The summed E-state index contributed by atoms with van der Waals surface area (Å²) in [6.07, 6.45) is 9.31. The van der Waals surface area contributed by atoms with E-state index in [9.17, 15) is 4.79 Å². The average Bonchev–Trinajstić information content (AvgIpc) is 2.80. The minimum atomic E-state index is -0.0111.